The van der Waals surface area contributed by atoms with Crippen molar-refractivity contribution < 1.29 is 14.1 Å². The number of carbonyl (C=O) groups is 2. The van der Waals surface area contributed by atoms with Gasteiger partial charge in [0.05, 0.1) is 17.7 Å². The third-order valence-corrected chi connectivity index (χ3v) is 7.19. The molecule has 0 aromatic carbocycles. The molecular formula is C23H26N6O3S. The van der Waals surface area contributed by atoms with E-state index in [0.717, 1.165) is 25.7 Å². The van der Waals surface area contributed by atoms with E-state index in [9.17, 15) is 9.59 Å². The van der Waals surface area contributed by atoms with Crippen LogP contribution in [0.25, 0.3) is 11.5 Å². The first-order chi connectivity index (χ1) is 16.2. The van der Waals surface area contributed by atoms with Crippen LogP contribution in [0.5, 0.6) is 0 Å². The van der Waals surface area contributed by atoms with Crippen molar-refractivity contribution in [2.45, 2.75) is 50.5 Å². The predicted octanol–water partition coefficient (Wildman–Crippen LogP) is 3.28. The van der Waals surface area contributed by atoms with Crippen molar-refractivity contribution in [2.24, 2.45) is 5.92 Å². The van der Waals surface area contributed by atoms with Gasteiger partial charge in [-0.25, -0.2) is 4.98 Å². The van der Waals surface area contributed by atoms with E-state index in [0.29, 0.717) is 48.9 Å². The standard InChI is InChI=1S/C23H26N6O3S/c30-21-17-11-16(22-27-20(28-32-22)18-13-24-7-8-25-18)12-19(17)29(9-4-2-1-3-6-26-21)23(31)15-5-10-33-14-15/h5,7-8,10,13-14,16-17,19H,1-4,6,9,11-12H2,(H,26,30). The number of rotatable bonds is 3. The van der Waals surface area contributed by atoms with E-state index in [4.69, 9.17) is 4.52 Å². The maximum absolute atomic E-state index is 13.4. The second-order valence-electron chi connectivity index (χ2n) is 8.60. The summed E-state index contributed by atoms with van der Waals surface area (Å²) < 4.78 is 5.58. The Morgan fingerprint density at radius 3 is 2.91 bits per heavy atom. The zero-order valence-electron chi connectivity index (χ0n) is 18.2. The number of hydrogen-bond acceptors (Lipinski definition) is 8. The normalized spacial score (nSPS) is 24.1. The van der Waals surface area contributed by atoms with Crippen LogP contribution in [0.2, 0.25) is 0 Å². The number of fused-ring (bicyclic) bond motifs is 1. The van der Waals surface area contributed by atoms with Crippen LogP contribution in [0.15, 0.2) is 39.9 Å². The van der Waals surface area contributed by atoms with E-state index in [1.807, 2.05) is 21.7 Å². The topological polar surface area (TPSA) is 114 Å². The van der Waals surface area contributed by atoms with Crippen LogP contribution in [0, 0.1) is 5.92 Å². The highest BCUT2D eigenvalue weighted by Gasteiger charge is 2.45. The second kappa shape index (κ2) is 9.78. The van der Waals surface area contributed by atoms with Gasteiger partial charge in [0.15, 0.2) is 0 Å². The average Bonchev–Trinajstić information content (AvgIpc) is 3.60. The molecule has 2 aliphatic rings. The Bertz CT molecular complexity index is 1090. The summed E-state index contributed by atoms with van der Waals surface area (Å²) in [6.45, 7) is 1.31. The summed E-state index contributed by atoms with van der Waals surface area (Å²) in [6.07, 6.45) is 9.88. The van der Waals surface area contributed by atoms with Crippen LogP contribution in [0.1, 0.15) is 60.7 Å². The van der Waals surface area contributed by atoms with Gasteiger partial charge in [0.2, 0.25) is 17.6 Å². The van der Waals surface area contributed by atoms with E-state index >= 15 is 0 Å². The molecule has 1 aliphatic heterocycles. The number of nitrogens with zero attached hydrogens (tertiary/aromatic N) is 5. The molecule has 10 heteroatoms. The quantitative estimate of drug-likeness (QED) is 0.630. The van der Waals surface area contributed by atoms with Crippen LogP contribution in [0.4, 0.5) is 0 Å². The molecule has 0 radical (unpaired) electrons. The largest absolute Gasteiger partial charge is 0.356 e. The monoisotopic (exact) mass is 466 g/mol. The Kier molecular flexibility index (Phi) is 6.43. The lowest BCUT2D eigenvalue weighted by atomic mass is 9.99. The zero-order chi connectivity index (χ0) is 22.6. The van der Waals surface area contributed by atoms with E-state index < -0.39 is 0 Å². The minimum atomic E-state index is -0.317. The van der Waals surface area contributed by atoms with E-state index in [2.05, 4.69) is 25.4 Å². The van der Waals surface area contributed by atoms with Crippen LogP contribution in [-0.4, -0.2) is 56.0 Å². The van der Waals surface area contributed by atoms with Crippen molar-refractivity contribution in [3.8, 4) is 11.5 Å². The van der Waals surface area contributed by atoms with Crippen molar-refractivity contribution in [2.75, 3.05) is 13.1 Å². The van der Waals surface area contributed by atoms with Gasteiger partial charge < -0.3 is 14.7 Å². The summed E-state index contributed by atoms with van der Waals surface area (Å²) >= 11 is 1.50. The number of amides is 2. The highest BCUT2D eigenvalue weighted by atomic mass is 32.1. The average molecular weight is 467 g/mol. The molecule has 9 nitrogen and oxygen atoms in total. The number of nitrogens with one attached hydrogen (secondary N) is 1. The van der Waals surface area contributed by atoms with Crippen molar-refractivity contribution in [3.05, 3.63) is 46.9 Å². The van der Waals surface area contributed by atoms with Gasteiger partial charge in [-0.15, -0.1) is 0 Å². The van der Waals surface area contributed by atoms with Gasteiger partial charge in [0.25, 0.3) is 5.91 Å². The van der Waals surface area contributed by atoms with E-state index in [-0.39, 0.29) is 29.7 Å². The van der Waals surface area contributed by atoms with Gasteiger partial charge in [0.1, 0.15) is 5.69 Å². The summed E-state index contributed by atoms with van der Waals surface area (Å²) in [4.78, 5) is 41.3. The van der Waals surface area contributed by atoms with Gasteiger partial charge in [-0.1, -0.05) is 18.0 Å². The molecule has 3 aromatic heterocycles. The summed E-state index contributed by atoms with van der Waals surface area (Å²) in [5.41, 5.74) is 1.22. The maximum Gasteiger partial charge on any atom is 0.254 e. The van der Waals surface area contributed by atoms with Gasteiger partial charge in [-0.3, -0.25) is 14.6 Å². The molecule has 2 fully saturated rings. The second-order valence-corrected chi connectivity index (χ2v) is 9.38. The summed E-state index contributed by atoms with van der Waals surface area (Å²) in [6, 6.07) is 1.64. The summed E-state index contributed by atoms with van der Waals surface area (Å²) in [5, 5.41) is 10.9. The van der Waals surface area contributed by atoms with Gasteiger partial charge in [-0.2, -0.15) is 16.3 Å². The molecule has 172 valence electrons. The van der Waals surface area contributed by atoms with E-state index in [1.54, 1.807) is 18.6 Å². The molecule has 0 spiro atoms. The molecular weight excluding hydrogens is 440 g/mol. The van der Waals surface area contributed by atoms with Gasteiger partial charge in [0, 0.05) is 42.8 Å². The first-order valence-corrected chi connectivity index (χ1v) is 12.4. The van der Waals surface area contributed by atoms with Crippen LogP contribution in [-0.2, 0) is 4.79 Å². The minimum Gasteiger partial charge on any atom is -0.356 e. The maximum atomic E-state index is 13.4. The fourth-order valence-corrected chi connectivity index (χ4v) is 5.47. The molecule has 4 heterocycles. The minimum absolute atomic E-state index is 0.00110. The fraction of sp³-hybridized carbons (Fsp3) is 0.478. The molecule has 3 atom stereocenters. The Hall–Kier alpha value is -3.14. The van der Waals surface area contributed by atoms with Crippen molar-refractivity contribution in [3.63, 3.8) is 0 Å². The van der Waals surface area contributed by atoms with Crippen LogP contribution < -0.4 is 5.32 Å². The van der Waals surface area contributed by atoms with Crippen molar-refractivity contribution >= 4 is 23.2 Å². The molecule has 0 bridgehead atoms. The highest BCUT2D eigenvalue weighted by Crippen LogP contribution is 2.41. The van der Waals surface area contributed by atoms with Crippen molar-refractivity contribution in [1.29, 1.82) is 0 Å². The molecule has 3 aromatic rings. The smallest absolute Gasteiger partial charge is 0.254 e. The first-order valence-electron chi connectivity index (χ1n) is 11.4. The Morgan fingerprint density at radius 2 is 2.09 bits per heavy atom. The third kappa shape index (κ3) is 4.66. The summed E-state index contributed by atoms with van der Waals surface area (Å²) in [7, 11) is 0. The van der Waals surface area contributed by atoms with Gasteiger partial charge >= 0.3 is 0 Å². The molecule has 5 rings (SSSR count). The number of carbonyl (C=O) groups excluding carboxylic acids is 2. The van der Waals surface area contributed by atoms with Crippen LogP contribution >= 0.6 is 11.3 Å². The predicted molar refractivity (Wildman–Crippen MR) is 121 cm³/mol. The highest BCUT2D eigenvalue weighted by molar-refractivity contribution is 7.08. The molecule has 2 amide bonds. The Morgan fingerprint density at radius 1 is 1.18 bits per heavy atom. The first kappa shape index (κ1) is 21.7. The molecule has 33 heavy (non-hydrogen) atoms. The van der Waals surface area contributed by atoms with Crippen molar-refractivity contribution in [1.82, 2.24) is 30.3 Å². The summed E-state index contributed by atoms with van der Waals surface area (Å²) in [5.74, 6) is 0.423. The fourth-order valence-electron chi connectivity index (χ4n) is 4.84. The van der Waals surface area contributed by atoms with Gasteiger partial charge in [-0.05, 0) is 37.1 Å². The zero-order valence-corrected chi connectivity index (χ0v) is 19.0. The number of thiophene rings is 1. The van der Waals surface area contributed by atoms with Crippen LogP contribution in [0.3, 0.4) is 0 Å². The SMILES string of the molecule is O=C1NCCCCCCN(C(=O)c2ccsc2)C2CC(c3nc(-c4cnccn4)no3)CC12. The molecule has 1 saturated carbocycles. The van der Waals surface area contributed by atoms with E-state index in [1.165, 1.54) is 11.3 Å². The molecule has 3 unspecified atom stereocenters. The Balaban J connectivity index is 1.43. The molecule has 1 saturated heterocycles. The number of hydrogen-bond donors (Lipinski definition) is 1. The molecule has 1 N–H and O–H groups in total. The lowest BCUT2D eigenvalue weighted by Crippen LogP contribution is -2.47. The lowest BCUT2D eigenvalue weighted by molar-refractivity contribution is -0.126. The third-order valence-electron chi connectivity index (χ3n) is 6.50. The lowest BCUT2D eigenvalue weighted by Gasteiger charge is -2.32. The Labute approximate surface area is 195 Å². The number of aromatic nitrogens is 4. The molecule has 1 aliphatic carbocycles.